The highest BCUT2D eigenvalue weighted by molar-refractivity contribution is 6.32. The zero-order valence-corrected chi connectivity index (χ0v) is 11.2. The summed E-state index contributed by atoms with van der Waals surface area (Å²) in [6.07, 6.45) is 5.30. The molecule has 0 aliphatic heterocycles. The molecule has 1 aliphatic carbocycles. The maximum absolute atomic E-state index is 11.0. The Labute approximate surface area is 112 Å². The van der Waals surface area contributed by atoms with Crippen LogP contribution in [-0.2, 0) is 24.1 Å². The molecule has 0 radical (unpaired) electrons. The third-order valence-electron chi connectivity index (χ3n) is 3.45. The SMILES string of the molecule is COc1c(Cl)cc2c(c1CC(=O)O)CCCCC2. The molecule has 0 atom stereocenters. The third-order valence-corrected chi connectivity index (χ3v) is 3.73. The Hall–Kier alpha value is -1.22. The Bertz CT molecular complexity index is 469. The lowest BCUT2D eigenvalue weighted by molar-refractivity contribution is -0.136. The van der Waals surface area contributed by atoms with Gasteiger partial charge in [-0.05, 0) is 42.9 Å². The summed E-state index contributed by atoms with van der Waals surface area (Å²) in [5.74, 6) is -0.318. The molecule has 0 fully saturated rings. The molecular formula is C14H17ClO3. The number of hydrogen-bond acceptors (Lipinski definition) is 2. The molecule has 0 bridgehead atoms. The summed E-state index contributed by atoms with van der Waals surface area (Å²) in [5.41, 5.74) is 3.08. The van der Waals surface area contributed by atoms with Crippen LogP contribution in [0.3, 0.4) is 0 Å². The first-order valence-corrected chi connectivity index (χ1v) is 6.60. The van der Waals surface area contributed by atoms with Crippen molar-refractivity contribution in [3.8, 4) is 5.75 Å². The standard InChI is InChI=1S/C14H17ClO3/c1-18-14-11(8-13(16)17)10-6-4-2-3-5-9(10)7-12(14)15/h7H,2-6,8H2,1H3,(H,16,17). The maximum atomic E-state index is 11.0. The second-order valence-electron chi connectivity index (χ2n) is 4.64. The van der Waals surface area contributed by atoms with Gasteiger partial charge in [-0.15, -0.1) is 0 Å². The quantitative estimate of drug-likeness (QED) is 0.856. The van der Waals surface area contributed by atoms with Crippen LogP contribution in [0.15, 0.2) is 6.07 Å². The summed E-state index contributed by atoms with van der Waals surface area (Å²) in [6.45, 7) is 0. The van der Waals surface area contributed by atoms with Crippen molar-refractivity contribution in [2.45, 2.75) is 38.5 Å². The first-order valence-electron chi connectivity index (χ1n) is 6.22. The fourth-order valence-corrected chi connectivity index (χ4v) is 2.99. The van der Waals surface area contributed by atoms with Gasteiger partial charge in [0.15, 0.2) is 0 Å². The first-order chi connectivity index (χ1) is 8.63. The van der Waals surface area contributed by atoms with Crippen LogP contribution >= 0.6 is 11.6 Å². The summed E-state index contributed by atoms with van der Waals surface area (Å²) >= 11 is 6.19. The Morgan fingerprint density at radius 3 is 2.78 bits per heavy atom. The lowest BCUT2D eigenvalue weighted by atomic mass is 9.94. The molecule has 0 amide bonds. The molecule has 0 saturated carbocycles. The molecule has 1 aromatic rings. The second-order valence-corrected chi connectivity index (χ2v) is 5.05. The number of halogens is 1. The number of hydrogen-bond donors (Lipinski definition) is 1. The Morgan fingerprint density at radius 1 is 1.39 bits per heavy atom. The van der Waals surface area contributed by atoms with Crippen molar-refractivity contribution in [2.75, 3.05) is 7.11 Å². The van der Waals surface area contributed by atoms with Gasteiger partial charge in [0.1, 0.15) is 5.75 Å². The van der Waals surface area contributed by atoms with Gasteiger partial charge in [-0.1, -0.05) is 18.0 Å². The molecule has 18 heavy (non-hydrogen) atoms. The summed E-state index contributed by atoms with van der Waals surface area (Å²) in [6, 6.07) is 1.94. The minimum absolute atomic E-state index is 0.0218. The van der Waals surface area contributed by atoms with Gasteiger partial charge in [0, 0.05) is 5.56 Å². The van der Waals surface area contributed by atoms with Crippen LogP contribution in [-0.4, -0.2) is 18.2 Å². The fourth-order valence-electron chi connectivity index (χ4n) is 2.67. The van der Waals surface area contributed by atoms with E-state index in [1.54, 1.807) is 0 Å². The van der Waals surface area contributed by atoms with Gasteiger partial charge in [-0.25, -0.2) is 0 Å². The van der Waals surface area contributed by atoms with Crippen molar-refractivity contribution in [2.24, 2.45) is 0 Å². The molecule has 1 aromatic carbocycles. The number of ether oxygens (including phenoxy) is 1. The van der Waals surface area contributed by atoms with E-state index in [1.165, 1.54) is 19.1 Å². The van der Waals surface area contributed by atoms with E-state index >= 15 is 0 Å². The minimum atomic E-state index is -0.845. The molecule has 1 aliphatic rings. The van der Waals surface area contributed by atoms with Gasteiger partial charge in [0.05, 0.1) is 18.6 Å². The Kier molecular flexibility index (Phi) is 4.12. The fraction of sp³-hybridized carbons (Fsp3) is 0.500. The molecule has 98 valence electrons. The average molecular weight is 269 g/mol. The molecule has 3 nitrogen and oxygen atoms in total. The number of benzene rings is 1. The van der Waals surface area contributed by atoms with Crippen LogP contribution in [0.1, 0.15) is 36.0 Å². The normalized spacial score (nSPS) is 14.8. The number of aryl methyl sites for hydroxylation is 1. The highest BCUT2D eigenvalue weighted by Gasteiger charge is 2.21. The van der Waals surface area contributed by atoms with Gasteiger partial charge in [-0.2, -0.15) is 0 Å². The van der Waals surface area contributed by atoms with E-state index in [-0.39, 0.29) is 6.42 Å². The zero-order chi connectivity index (χ0) is 13.1. The number of rotatable bonds is 3. The summed E-state index contributed by atoms with van der Waals surface area (Å²) in [7, 11) is 1.54. The molecule has 0 spiro atoms. The molecule has 0 aromatic heterocycles. The van der Waals surface area contributed by atoms with E-state index in [9.17, 15) is 4.79 Å². The number of carboxylic acids is 1. The van der Waals surface area contributed by atoms with E-state index in [4.69, 9.17) is 21.4 Å². The first kappa shape index (κ1) is 13.2. The van der Waals surface area contributed by atoms with Gasteiger partial charge in [-0.3, -0.25) is 4.79 Å². The van der Waals surface area contributed by atoms with Crippen LogP contribution in [0, 0.1) is 0 Å². The second kappa shape index (κ2) is 5.61. The lowest BCUT2D eigenvalue weighted by Gasteiger charge is -2.17. The minimum Gasteiger partial charge on any atom is -0.495 e. The molecule has 0 heterocycles. The summed E-state index contributed by atoms with van der Waals surface area (Å²) in [5, 5.41) is 9.57. The van der Waals surface area contributed by atoms with Crippen LogP contribution in [0.25, 0.3) is 0 Å². The number of carbonyl (C=O) groups is 1. The van der Waals surface area contributed by atoms with Gasteiger partial charge in [0.2, 0.25) is 0 Å². The predicted octanol–water partition coefficient (Wildman–Crippen LogP) is 3.24. The Morgan fingerprint density at radius 2 is 2.11 bits per heavy atom. The number of fused-ring (bicyclic) bond motifs is 1. The van der Waals surface area contributed by atoms with Crippen LogP contribution < -0.4 is 4.74 Å². The van der Waals surface area contributed by atoms with Crippen LogP contribution in [0.5, 0.6) is 5.75 Å². The molecule has 2 rings (SSSR count). The molecule has 4 heteroatoms. The lowest BCUT2D eigenvalue weighted by Crippen LogP contribution is -2.08. The molecule has 1 N–H and O–H groups in total. The zero-order valence-electron chi connectivity index (χ0n) is 10.5. The maximum Gasteiger partial charge on any atom is 0.307 e. The van der Waals surface area contributed by atoms with Crippen molar-refractivity contribution in [1.29, 1.82) is 0 Å². The van der Waals surface area contributed by atoms with E-state index in [1.807, 2.05) is 6.07 Å². The van der Waals surface area contributed by atoms with Crippen molar-refractivity contribution < 1.29 is 14.6 Å². The van der Waals surface area contributed by atoms with E-state index in [2.05, 4.69) is 0 Å². The Balaban J connectivity index is 2.56. The highest BCUT2D eigenvalue weighted by atomic mass is 35.5. The number of methoxy groups -OCH3 is 1. The number of aliphatic carboxylic acids is 1. The third kappa shape index (κ3) is 2.61. The topological polar surface area (TPSA) is 46.5 Å². The summed E-state index contributed by atoms with van der Waals surface area (Å²) < 4.78 is 5.29. The average Bonchev–Trinajstić information content (AvgIpc) is 2.53. The molecule has 0 unspecified atom stereocenters. The van der Waals surface area contributed by atoms with E-state index < -0.39 is 5.97 Å². The smallest absolute Gasteiger partial charge is 0.307 e. The number of carboxylic acid groups (broad SMARTS) is 1. The van der Waals surface area contributed by atoms with Crippen LogP contribution in [0.4, 0.5) is 0 Å². The highest BCUT2D eigenvalue weighted by Crippen LogP contribution is 2.37. The van der Waals surface area contributed by atoms with E-state index in [0.29, 0.717) is 10.8 Å². The van der Waals surface area contributed by atoms with Crippen molar-refractivity contribution >= 4 is 17.6 Å². The molecule has 0 saturated heterocycles. The van der Waals surface area contributed by atoms with Crippen molar-refractivity contribution in [1.82, 2.24) is 0 Å². The molecular weight excluding hydrogens is 252 g/mol. The summed E-state index contributed by atoms with van der Waals surface area (Å²) in [4.78, 5) is 11.0. The largest absolute Gasteiger partial charge is 0.495 e. The van der Waals surface area contributed by atoms with Crippen molar-refractivity contribution in [3.63, 3.8) is 0 Å². The van der Waals surface area contributed by atoms with Gasteiger partial charge >= 0.3 is 5.97 Å². The van der Waals surface area contributed by atoms with E-state index in [0.717, 1.165) is 36.8 Å². The predicted molar refractivity (Wildman–Crippen MR) is 70.6 cm³/mol. The van der Waals surface area contributed by atoms with Gasteiger partial charge < -0.3 is 9.84 Å². The monoisotopic (exact) mass is 268 g/mol. The van der Waals surface area contributed by atoms with Crippen LogP contribution in [0.2, 0.25) is 5.02 Å². The van der Waals surface area contributed by atoms with Gasteiger partial charge in [0.25, 0.3) is 0 Å². The van der Waals surface area contributed by atoms with Crippen molar-refractivity contribution in [3.05, 3.63) is 27.8 Å².